The fraction of sp³-hybridized carbons (Fsp3) is 0.250. The Bertz CT molecular complexity index is 958. The number of nitrogens with one attached hydrogen (secondary N) is 3. The van der Waals surface area contributed by atoms with Crippen LogP contribution in [-0.2, 0) is 0 Å². The molecule has 3 rings (SSSR count). The van der Waals surface area contributed by atoms with Crippen molar-refractivity contribution in [2.75, 3.05) is 26.0 Å². The second-order valence-electron chi connectivity index (χ2n) is 6.21. The van der Waals surface area contributed by atoms with E-state index in [1.165, 1.54) is 12.1 Å². The minimum absolute atomic E-state index is 0.128. The number of benzene rings is 2. The van der Waals surface area contributed by atoms with Crippen LogP contribution in [0.4, 0.5) is 10.2 Å². The summed E-state index contributed by atoms with van der Waals surface area (Å²) in [7, 11) is 3.44. The highest BCUT2D eigenvalue weighted by Crippen LogP contribution is 2.27. The summed E-state index contributed by atoms with van der Waals surface area (Å²) in [6.07, 6.45) is 0. The number of anilines is 1. The number of para-hydroxylation sites is 1. The van der Waals surface area contributed by atoms with Crippen LogP contribution >= 0.6 is 0 Å². The lowest BCUT2D eigenvalue weighted by atomic mass is 10.1. The molecule has 140 valence electrons. The molecule has 2 aromatic carbocycles. The number of likely N-dealkylation sites (N-methyl/N-ethyl adjacent to an activating group) is 1. The number of carbonyl (C=O) groups is 1. The fourth-order valence-electron chi connectivity index (χ4n) is 3.01. The van der Waals surface area contributed by atoms with Gasteiger partial charge in [0.2, 0.25) is 0 Å². The van der Waals surface area contributed by atoms with E-state index >= 15 is 0 Å². The molecular weight excluding hydrogens is 345 g/mol. The van der Waals surface area contributed by atoms with Crippen LogP contribution in [0.25, 0.3) is 10.9 Å². The second kappa shape index (κ2) is 8.09. The molecule has 1 heterocycles. The zero-order valence-corrected chi connectivity index (χ0v) is 15.5. The number of nitrogens with zero attached hydrogens (tertiary/aromatic N) is 2. The number of hydrogen-bond acceptors (Lipinski definition) is 5. The smallest absolute Gasteiger partial charge is 0.253 e. The first-order valence-corrected chi connectivity index (χ1v) is 8.69. The Morgan fingerprint density at radius 3 is 2.52 bits per heavy atom. The quantitative estimate of drug-likeness (QED) is 0.624. The Balaban J connectivity index is 2.07. The van der Waals surface area contributed by atoms with E-state index in [-0.39, 0.29) is 17.8 Å². The van der Waals surface area contributed by atoms with Gasteiger partial charge in [0.25, 0.3) is 5.91 Å². The number of halogens is 1. The van der Waals surface area contributed by atoms with Crippen molar-refractivity contribution in [3.8, 4) is 0 Å². The van der Waals surface area contributed by atoms with Crippen molar-refractivity contribution in [3.63, 3.8) is 0 Å². The summed E-state index contributed by atoms with van der Waals surface area (Å²) in [6, 6.07) is 11.7. The number of amides is 1. The van der Waals surface area contributed by atoms with Crippen LogP contribution in [0.1, 0.15) is 27.8 Å². The highest BCUT2D eigenvalue weighted by molar-refractivity contribution is 6.07. The molecule has 7 heteroatoms. The normalized spacial score (nSPS) is 12.0. The Morgan fingerprint density at radius 1 is 1.11 bits per heavy atom. The maximum absolute atomic E-state index is 13.3. The van der Waals surface area contributed by atoms with Gasteiger partial charge in [-0.15, -0.1) is 0 Å². The summed E-state index contributed by atoms with van der Waals surface area (Å²) in [5.41, 5.74) is 2.02. The Labute approximate surface area is 157 Å². The van der Waals surface area contributed by atoms with Gasteiger partial charge in [-0.3, -0.25) is 4.79 Å². The Hall–Kier alpha value is -3.06. The van der Waals surface area contributed by atoms with Gasteiger partial charge in [-0.25, -0.2) is 14.4 Å². The lowest BCUT2D eigenvalue weighted by Gasteiger charge is -2.21. The van der Waals surface area contributed by atoms with E-state index in [2.05, 4.69) is 25.9 Å². The van der Waals surface area contributed by atoms with Crippen molar-refractivity contribution in [1.29, 1.82) is 0 Å². The van der Waals surface area contributed by atoms with Crippen molar-refractivity contribution in [3.05, 3.63) is 65.2 Å². The van der Waals surface area contributed by atoms with Gasteiger partial charge in [0.05, 0.1) is 17.1 Å². The molecule has 0 fully saturated rings. The molecule has 3 N–H and O–H groups in total. The zero-order valence-electron chi connectivity index (χ0n) is 15.5. The molecular formula is C20H22FN5O. The molecule has 0 saturated heterocycles. The summed E-state index contributed by atoms with van der Waals surface area (Å²) in [6.45, 7) is 2.40. The summed E-state index contributed by atoms with van der Waals surface area (Å²) in [4.78, 5) is 21.2. The van der Waals surface area contributed by atoms with Gasteiger partial charge in [-0.05, 0) is 43.8 Å². The molecule has 0 radical (unpaired) electrons. The predicted molar refractivity (Wildman–Crippen MR) is 104 cm³/mol. The van der Waals surface area contributed by atoms with Crippen molar-refractivity contribution in [1.82, 2.24) is 20.6 Å². The van der Waals surface area contributed by atoms with Crippen LogP contribution in [0, 0.1) is 12.7 Å². The van der Waals surface area contributed by atoms with E-state index < -0.39 is 0 Å². The van der Waals surface area contributed by atoms with Gasteiger partial charge in [-0.2, -0.15) is 0 Å². The summed E-state index contributed by atoms with van der Waals surface area (Å²) >= 11 is 0. The maximum atomic E-state index is 13.3. The van der Waals surface area contributed by atoms with Crippen LogP contribution in [-0.4, -0.2) is 36.5 Å². The lowest BCUT2D eigenvalue weighted by molar-refractivity contribution is 0.0964. The molecule has 1 amide bonds. The van der Waals surface area contributed by atoms with Crippen LogP contribution in [0.15, 0.2) is 42.5 Å². The number of aryl methyl sites for hydroxylation is 1. The van der Waals surface area contributed by atoms with E-state index in [1.807, 2.05) is 19.2 Å². The van der Waals surface area contributed by atoms with E-state index in [1.54, 1.807) is 32.2 Å². The maximum Gasteiger partial charge on any atom is 0.253 e. The third kappa shape index (κ3) is 4.03. The first-order chi connectivity index (χ1) is 13.0. The molecule has 0 aliphatic carbocycles. The predicted octanol–water partition coefficient (Wildman–Crippen LogP) is 2.81. The van der Waals surface area contributed by atoms with E-state index in [9.17, 15) is 9.18 Å². The molecule has 27 heavy (non-hydrogen) atoms. The summed E-state index contributed by atoms with van der Waals surface area (Å²) < 4.78 is 13.3. The second-order valence-corrected chi connectivity index (χ2v) is 6.21. The molecule has 0 spiro atoms. The van der Waals surface area contributed by atoms with Crippen LogP contribution < -0.4 is 16.0 Å². The van der Waals surface area contributed by atoms with Crippen molar-refractivity contribution < 1.29 is 9.18 Å². The number of rotatable bonds is 6. The molecule has 3 aromatic rings. The topological polar surface area (TPSA) is 78.9 Å². The van der Waals surface area contributed by atoms with Crippen LogP contribution in [0.5, 0.6) is 0 Å². The average molecular weight is 367 g/mol. The summed E-state index contributed by atoms with van der Waals surface area (Å²) in [5, 5.41) is 9.95. The Morgan fingerprint density at radius 2 is 1.85 bits per heavy atom. The number of fused-ring (bicyclic) bond motifs is 1. The van der Waals surface area contributed by atoms with Gasteiger partial charge in [0, 0.05) is 19.0 Å². The van der Waals surface area contributed by atoms with Gasteiger partial charge in [0.1, 0.15) is 17.5 Å². The van der Waals surface area contributed by atoms with E-state index in [0.717, 1.165) is 10.9 Å². The minimum atomic E-state index is -0.277. The SMILES string of the molecule is CNCC(Nc1nc(C)nc2c(C(=O)NC)cccc12)c1ccc(F)cc1. The Kier molecular flexibility index (Phi) is 5.61. The standard InChI is InChI=1S/C20H22FN5O/c1-12-24-18-15(5-4-6-16(18)20(27)23-3)19(25-12)26-17(11-22-2)13-7-9-14(21)10-8-13/h4-10,17,22H,11H2,1-3H3,(H,23,27)(H,24,25,26). The molecule has 1 aromatic heterocycles. The highest BCUT2D eigenvalue weighted by Gasteiger charge is 2.17. The summed E-state index contributed by atoms with van der Waals surface area (Å²) in [5.74, 6) is 0.715. The van der Waals surface area contributed by atoms with Gasteiger partial charge < -0.3 is 16.0 Å². The average Bonchev–Trinajstić information content (AvgIpc) is 2.67. The van der Waals surface area contributed by atoms with Gasteiger partial charge in [-0.1, -0.05) is 18.2 Å². The molecule has 1 atom stereocenters. The van der Waals surface area contributed by atoms with Gasteiger partial charge >= 0.3 is 0 Å². The fourth-order valence-corrected chi connectivity index (χ4v) is 3.01. The monoisotopic (exact) mass is 367 g/mol. The minimum Gasteiger partial charge on any atom is -0.361 e. The van der Waals surface area contributed by atoms with Crippen molar-refractivity contribution in [2.45, 2.75) is 13.0 Å². The zero-order chi connectivity index (χ0) is 19.4. The molecule has 0 saturated carbocycles. The van der Waals surface area contributed by atoms with E-state index in [0.29, 0.717) is 29.3 Å². The van der Waals surface area contributed by atoms with E-state index in [4.69, 9.17) is 0 Å². The van der Waals surface area contributed by atoms with Crippen LogP contribution in [0.3, 0.4) is 0 Å². The highest BCUT2D eigenvalue weighted by atomic mass is 19.1. The molecule has 0 aliphatic rings. The molecule has 1 unspecified atom stereocenters. The van der Waals surface area contributed by atoms with Crippen LogP contribution in [0.2, 0.25) is 0 Å². The first kappa shape index (κ1) is 18.7. The third-order valence-corrected chi connectivity index (χ3v) is 4.30. The number of carbonyl (C=O) groups excluding carboxylic acids is 1. The first-order valence-electron chi connectivity index (χ1n) is 8.69. The lowest BCUT2D eigenvalue weighted by Crippen LogP contribution is -2.24. The number of hydrogen-bond donors (Lipinski definition) is 3. The number of aromatic nitrogens is 2. The molecule has 0 bridgehead atoms. The largest absolute Gasteiger partial charge is 0.361 e. The third-order valence-electron chi connectivity index (χ3n) is 4.30. The van der Waals surface area contributed by atoms with Crippen molar-refractivity contribution in [2.24, 2.45) is 0 Å². The van der Waals surface area contributed by atoms with Crippen molar-refractivity contribution >= 4 is 22.6 Å². The van der Waals surface area contributed by atoms with Gasteiger partial charge in [0.15, 0.2) is 0 Å². The molecule has 0 aliphatic heterocycles. The molecule has 6 nitrogen and oxygen atoms in total.